The molecule has 4 aromatic carbocycles. The molecule has 0 aromatic heterocycles. The van der Waals surface area contributed by atoms with E-state index in [-0.39, 0.29) is 16.7 Å². The lowest BCUT2D eigenvalue weighted by molar-refractivity contribution is 0.451. The van der Waals surface area contributed by atoms with E-state index in [4.69, 9.17) is 0 Å². The normalized spacial score (nSPS) is 11.4. The molecular weight excluding hydrogens is 445 g/mol. The summed E-state index contributed by atoms with van der Waals surface area (Å²) in [4.78, 5) is 0. The fourth-order valence-electron chi connectivity index (χ4n) is 3.87. The maximum Gasteiger partial charge on any atom is 0.195 e. The minimum Gasteiger partial charge on any atom is -0.206 e. The van der Waals surface area contributed by atoms with Crippen LogP contribution < -0.4 is 0 Å². The minimum absolute atomic E-state index is 0.0103. The Bertz CT molecular complexity index is 1350. The number of benzene rings is 4. The van der Waals surface area contributed by atoms with Gasteiger partial charge in [0.05, 0.1) is 10.9 Å². The molecule has 4 rings (SSSR count). The Morgan fingerprint density at radius 1 is 0.606 bits per heavy atom. The monoisotopic (exact) mass is 462 g/mol. The van der Waals surface area contributed by atoms with E-state index in [1.165, 1.54) is 12.1 Å². The quantitative estimate of drug-likeness (QED) is 0.206. The van der Waals surface area contributed by atoms with Gasteiger partial charge in [0.15, 0.2) is 17.5 Å². The van der Waals surface area contributed by atoms with Gasteiger partial charge in [0, 0.05) is 5.56 Å². The van der Waals surface area contributed by atoms with Gasteiger partial charge in [-0.3, -0.25) is 0 Å². The summed E-state index contributed by atoms with van der Waals surface area (Å²) < 4.78 is 99.9. The van der Waals surface area contributed by atoms with Crippen LogP contribution in [0.15, 0.2) is 48.5 Å². The summed E-state index contributed by atoms with van der Waals surface area (Å²) in [6.07, 6.45) is 2.48. The predicted molar refractivity (Wildman–Crippen MR) is 113 cm³/mol. The number of hydrogen-bond donors (Lipinski definition) is 0. The number of fused-ring (bicyclic) bond motifs is 1. The first-order valence-electron chi connectivity index (χ1n) is 10.3. The van der Waals surface area contributed by atoms with Gasteiger partial charge in [0.25, 0.3) is 0 Å². The Morgan fingerprint density at radius 3 is 1.91 bits per heavy atom. The smallest absolute Gasteiger partial charge is 0.195 e. The zero-order valence-electron chi connectivity index (χ0n) is 17.4. The molecule has 0 spiro atoms. The van der Waals surface area contributed by atoms with E-state index in [1.54, 1.807) is 6.07 Å². The van der Waals surface area contributed by atoms with Gasteiger partial charge in [0.2, 0.25) is 0 Å². The van der Waals surface area contributed by atoms with Gasteiger partial charge in [-0.05, 0) is 71.3 Å². The van der Waals surface area contributed by atoms with Crippen LogP contribution in [0.3, 0.4) is 0 Å². The van der Waals surface area contributed by atoms with Crippen molar-refractivity contribution in [3.05, 3.63) is 94.8 Å². The molecule has 0 N–H and O–H groups in total. The van der Waals surface area contributed by atoms with Crippen molar-refractivity contribution in [3.8, 4) is 22.3 Å². The fourth-order valence-corrected chi connectivity index (χ4v) is 3.87. The molecule has 0 amide bonds. The molecule has 0 aliphatic carbocycles. The highest BCUT2D eigenvalue weighted by molar-refractivity contribution is 5.89. The van der Waals surface area contributed by atoms with Crippen LogP contribution in [0.1, 0.15) is 25.3 Å². The second-order valence-electron chi connectivity index (χ2n) is 7.78. The lowest BCUT2D eigenvalue weighted by Crippen LogP contribution is -1.98. The highest BCUT2D eigenvalue weighted by atomic mass is 19.2. The maximum atomic E-state index is 14.9. The van der Waals surface area contributed by atoms with Gasteiger partial charge < -0.3 is 0 Å². The van der Waals surface area contributed by atoms with E-state index in [0.29, 0.717) is 18.6 Å². The lowest BCUT2D eigenvalue weighted by Gasteiger charge is -2.12. The Labute approximate surface area is 185 Å². The third-order valence-electron chi connectivity index (χ3n) is 5.52. The highest BCUT2D eigenvalue weighted by Crippen LogP contribution is 2.36. The van der Waals surface area contributed by atoms with Gasteiger partial charge in [-0.2, -0.15) is 0 Å². The summed E-state index contributed by atoms with van der Waals surface area (Å²) in [7, 11) is 0. The summed E-state index contributed by atoms with van der Waals surface area (Å²) in [5.41, 5.74) is -0.317. The Balaban J connectivity index is 1.80. The fraction of sp³-hybridized carbons (Fsp3) is 0.154. The van der Waals surface area contributed by atoms with Crippen LogP contribution in [0.4, 0.5) is 30.7 Å². The zero-order chi connectivity index (χ0) is 23.9. The van der Waals surface area contributed by atoms with Crippen LogP contribution in [0.2, 0.25) is 0 Å². The van der Waals surface area contributed by atoms with E-state index in [1.807, 2.05) is 6.92 Å². The van der Waals surface area contributed by atoms with Crippen LogP contribution >= 0.6 is 0 Å². The van der Waals surface area contributed by atoms with Crippen molar-refractivity contribution < 1.29 is 30.7 Å². The molecule has 0 bridgehead atoms. The van der Waals surface area contributed by atoms with Crippen LogP contribution in [0, 0.1) is 40.7 Å². The van der Waals surface area contributed by atoms with Gasteiger partial charge in [-0.15, -0.1) is 0 Å². The molecule has 170 valence electrons. The molecule has 0 unspecified atom stereocenters. The van der Waals surface area contributed by atoms with Crippen LogP contribution in [0.25, 0.3) is 33.0 Å². The molecule has 0 nitrogen and oxygen atoms in total. The molecular formula is C26H17F7. The second kappa shape index (κ2) is 8.89. The third kappa shape index (κ3) is 4.19. The minimum atomic E-state index is -1.85. The van der Waals surface area contributed by atoms with Crippen molar-refractivity contribution in [2.75, 3.05) is 0 Å². The van der Waals surface area contributed by atoms with Crippen molar-refractivity contribution in [1.29, 1.82) is 0 Å². The molecule has 4 aromatic rings. The summed E-state index contributed by atoms with van der Waals surface area (Å²) in [6.45, 7) is 2.00. The molecule has 0 atom stereocenters. The Morgan fingerprint density at radius 2 is 1.27 bits per heavy atom. The summed E-state index contributed by atoms with van der Waals surface area (Å²) >= 11 is 0. The van der Waals surface area contributed by atoms with Gasteiger partial charge in [0.1, 0.15) is 23.3 Å². The second-order valence-corrected chi connectivity index (χ2v) is 7.78. The number of hydrogen-bond acceptors (Lipinski definition) is 0. The van der Waals surface area contributed by atoms with Crippen molar-refractivity contribution in [2.24, 2.45) is 0 Å². The number of aryl methyl sites for hydroxylation is 1. The van der Waals surface area contributed by atoms with Crippen LogP contribution in [-0.2, 0) is 6.42 Å². The number of unbranched alkanes of at least 4 members (excludes halogenated alkanes) is 1. The number of rotatable bonds is 5. The first-order valence-corrected chi connectivity index (χ1v) is 10.3. The molecule has 0 aliphatic rings. The van der Waals surface area contributed by atoms with E-state index >= 15 is 0 Å². The standard InChI is InChI=1S/C26H17F7/c1-2-3-4-13-5-6-17(18(27)7-13)14-9-19(28)23(20(29)10-14)15-8-16-12-22(31)25(32)26(33)24(16)21(30)11-15/h5-12H,2-4H2,1H3. The van der Waals surface area contributed by atoms with E-state index in [9.17, 15) is 30.7 Å². The molecule has 7 heteroatoms. The van der Waals surface area contributed by atoms with Gasteiger partial charge >= 0.3 is 0 Å². The SMILES string of the molecule is CCCCc1ccc(-c2cc(F)c(-c3cc(F)c4c(F)c(F)c(F)cc4c3)c(F)c2)c(F)c1. The van der Waals surface area contributed by atoms with Crippen molar-refractivity contribution >= 4 is 10.8 Å². The van der Waals surface area contributed by atoms with Crippen molar-refractivity contribution in [2.45, 2.75) is 26.2 Å². The average Bonchev–Trinajstić information content (AvgIpc) is 2.75. The largest absolute Gasteiger partial charge is 0.206 e. The molecule has 0 saturated carbocycles. The van der Waals surface area contributed by atoms with E-state index < -0.39 is 57.1 Å². The predicted octanol–water partition coefficient (Wildman–Crippen LogP) is 8.49. The highest BCUT2D eigenvalue weighted by Gasteiger charge is 2.21. The Hall–Kier alpha value is -3.35. The zero-order valence-corrected chi connectivity index (χ0v) is 17.4. The first-order chi connectivity index (χ1) is 15.7. The summed E-state index contributed by atoms with van der Waals surface area (Å²) in [5, 5.41) is -1.24. The average molecular weight is 462 g/mol. The summed E-state index contributed by atoms with van der Waals surface area (Å²) in [6, 6.07) is 8.35. The van der Waals surface area contributed by atoms with Crippen LogP contribution in [-0.4, -0.2) is 0 Å². The number of halogens is 7. The molecule has 33 heavy (non-hydrogen) atoms. The summed E-state index contributed by atoms with van der Waals surface area (Å²) in [5.74, 6) is -9.34. The lowest BCUT2D eigenvalue weighted by atomic mass is 9.95. The molecule has 0 aliphatic heterocycles. The van der Waals surface area contributed by atoms with Crippen molar-refractivity contribution in [1.82, 2.24) is 0 Å². The molecule has 0 saturated heterocycles. The Kier molecular flexibility index (Phi) is 6.15. The van der Waals surface area contributed by atoms with Gasteiger partial charge in [-0.25, -0.2) is 30.7 Å². The molecule has 0 fully saturated rings. The molecule has 0 radical (unpaired) electrons. The van der Waals surface area contributed by atoms with Crippen LogP contribution in [0.5, 0.6) is 0 Å². The topological polar surface area (TPSA) is 0 Å². The van der Waals surface area contributed by atoms with E-state index in [0.717, 1.165) is 36.6 Å². The van der Waals surface area contributed by atoms with Crippen molar-refractivity contribution in [3.63, 3.8) is 0 Å². The van der Waals surface area contributed by atoms with E-state index in [2.05, 4.69) is 0 Å². The first kappa shape index (κ1) is 22.8. The van der Waals surface area contributed by atoms with Gasteiger partial charge in [-0.1, -0.05) is 25.5 Å². The maximum absolute atomic E-state index is 14.9. The molecule has 0 heterocycles. The third-order valence-corrected chi connectivity index (χ3v) is 5.52.